The highest BCUT2D eigenvalue weighted by Crippen LogP contribution is 2.15. The van der Waals surface area contributed by atoms with Crippen LogP contribution in [-0.2, 0) is 11.4 Å². The molecule has 0 spiro atoms. The van der Waals surface area contributed by atoms with Gasteiger partial charge in [-0.05, 0) is 43.7 Å². The van der Waals surface area contributed by atoms with Crippen LogP contribution in [0.2, 0.25) is 0 Å². The highest BCUT2D eigenvalue weighted by atomic mass is 16.5. The maximum atomic E-state index is 12.4. The Morgan fingerprint density at radius 1 is 1.04 bits per heavy atom. The SMILES string of the molecule is CC(C)NC(=O)CN(C)C(=O)c1ccc(OCc2ccccc2)cc1. The van der Waals surface area contributed by atoms with Gasteiger partial charge >= 0.3 is 0 Å². The lowest BCUT2D eigenvalue weighted by Crippen LogP contribution is -2.40. The normalized spacial score (nSPS) is 10.4. The molecule has 0 aromatic heterocycles. The van der Waals surface area contributed by atoms with E-state index in [1.165, 1.54) is 4.90 Å². The lowest BCUT2D eigenvalue weighted by atomic mass is 10.2. The fraction of sp³-hybridized carbons (Fsp3) is 0.300. The smallest absolute Gasteiger partial charge is 0.254 e. The molecule has 0 heterocycles. The maximum absolute atomic E-state index is 12.4. The van der Waals surface area contributed by atoms with Crippen LogP contribution in [0, 0.1) is 0 Å². The summed E-state index contributed by atoms with van der Waals surface area (Å²) in [6, 6.07) is 16.9. The molecular weight excluding hydrogens is 316 g/mol. The lowest BCUT2D eigenvalue weighted by molar-refractivity contribution is -0.122. The molecule has 5 heteroatoms. The van der Waals surface area contributed by atoms with Crippen molar-refractivity contribution in [2.24, 2.45) is 0 Å². The fourth-order valence-corrected chi connectivity index (χ4v) is 2.31. The molecule has 0 radical (unpaired) electrons. The summed E-state index contributed by atoms with van der Waals surface area (Å²) in [5, 5.41) is 2.77. The number of nitrogens with zero attached hydrogens (tertiary/aromatic N) is 1. The van der Waals surface area contributed by atoms with Gasteiger partial charge in [0, 0.05) is 18.7 Å². The van der Waals surface area contributed by atoms with E-state index >= 15 is 0 Å². The van der Waals surface area contributed by atoms with Crippen molar-refractivity contribution in [2.45, 2.75) is 26.5 Å². The van der Waals surface area contributed by atoms with Crippen molar-refractivity contribution in [3.8, 4) is 5.75 Å². The minimum Gasteiger partial charge on any atom is -0.489 e. The van der Waals surface area contributed by atoms with Gasteiger partial charge in [0.05, 0.1) is 6.54 Å². The molecule has 132 valence electrons. The molecule has 2 aromatic rings. The van der Waals surface area contributed by atoms with Crippen molar-refractivity contribution < 1.29 is 14.3 Å². The number of rotatable bonds is 7. The average Bonchev–Trinajstić information content (AvgIpc) is 2.60. The molecule has 1 N–H and O–H groups in total. The zero-order valence-corrected chi connectivity index (χ0v) is 14.9. The van der Waals surface area contributed by atoms with Crippen molar-refractivity contribution in [1.29, 1.82) is 0 Å². The summed E-state index contributed by atoms with van der Waals surface area (Å²) in [5.74, 6) is 0.322. The van der Waals surface area contributed by atoms with E-state index in [2.05, 4.69) is 5.32 Å². The van der Waals surface area contributed by atoms with Gasteiger partial charge < -0.3 is 15.0 Å². The summed E-state index contributed by atoms with van der Waals surface area (Å²) >= 11 is 0. The Hall–Kier alpha value is -2.82. The molecule has 25 heavy (non-hydrogen) atoms. The molecule has 0 unspecified atom stereocenters. The third kappa shape index (κ3) is 5.95. The molecule has 0 fully saturated rings. The van der Waals surface area contributed by atoms with Gasteiger partial charge in [0.15, 0.2) is 0 Å². The number of carbonyl (C=O) groups is 2. The molecule has 0 atom stereocenters. The quantitative estimate of drug-likeness (QED) is 0.843. The summed E-state index contributed by atoms with van der Waals surface area (Å²) < 4.78 is 5.71. The standard InChI is InChI=1S/C20H24N2O3/c1-15(2)21-19(23)13-22(3)20(24)17-9-11-18(12-10-17)25-14-16-7-5-4-6-8-16/h4-12,15H,13-14H2,1-3H3,(H,21,23). The van der Waals surface area contributed by atoms with Gasteiger partial charge in [0.25, 0.3) is 5.91 Å². The summed E-state index contributed by atoms with van der Waals surface area (Å²) in [6.45, 7) is 4.27. The van der Waals surface area contributed by atoms with Crippen LogP contribution >= 0.6 is 0 Å². The number of amides is 2. The van der Waals surface area contributed by atoms with Gasteiger partial charge in [-0.25, -0.2) is 0 Å². The van der Waals surface area contributed by atoms with E-state index in [0.29, 0.717) is 17.9 Å². The molecule has 5 nitrogen and oxygen atoms in total. The van der Waals surface area contributed by atoms with Crippen molar-refractivity contribution >= 4 is 11.8 Å². The number of carbonyl (C=O) groups excluding carboxylic acids is 2. The van der Waals surface area contributed by atoms with E-state index in [1.54, 1.807) is 31.3 Å². The van der Waals surface area contributed by atoms with E-state index in [-0.39, 0.29) is 24.4 Å². The Bertz CT molecular complexity index is 697. The van der Waals surface area contributed by atoms with Gasteiger partial charge in [-0.2, -0.15) is 0 Å². The first-order valence-electron chi connectivity index (χ1n) is 8.27. The summed E-state index contributed by atoms with van der Waals surface area (Å²) in [5.41, 5.74) is 1.60. The van der Waals surface area contributed by atoms with Crippen LogP contribution in [0.15, 0.2) is 54.6 Å². The van der Waals surface area contributed by atoms with E-state index in [0.717, 1.165) is 5.56 Å². The molecule has 0 bridgehead atoms. The molecule has 2 amide bonds. The van der Waals surface area contributed by atoms with Crippen LogP contribution in [0.1, 0.15) is 29.8 Å². The zero-order chi connectivity index (χ0) is 18.2. The first-order valence-corrected chi connectivity index (χ1v) is 8.27. The van der Waals surface area contributed by atoms with Gasteiger partial charge in [-0.3, -0.25) is 9.59 Å². The Labute approximate surface area is 148 Å². The topological polar surface area (TPSA) is 58.6 Å². The molecule has 0 aliphatic carbocycles. The van der Waals surface area contributed by atoms with Gasteiger partial charge in [0.2, 0.25) is 5.91 Å². The van der Waals surface area contributed by atoms with Crippen LogP contribution < -0.4 is 10.1 Å². The maximum Gasteiger partial charge on any atom is 0.254 e. The predicted octanol–water partition coefficient (Wildman–Crippen LogP) is 2.86. The molecule has 0 saturated carbocycles. The second kappa shape index (κ2) is 8.87. The molecular formula is C20H24N2O3. The third-order valence-corrected chi connectivity index (χ3v) is 3.53. The van der Waals surface area contributed by atoms with Crippen LogP contribution in [0.5, 0.6) is 5.75 Å². The van der Waals surface area contributed by atoms with Crippen molar-refractivity contribution in [3.63, 3.8) is 0 Å². The second-order valence-electron chi connectivity index (χ2n) is 6.18. The van der Waals surface area contributed by atoms with Crippen LogP contribution in [0.3, 0.4) is 0 Å². The lowest BCUT2D eigenvalue weighted by Gasteiger charge is -2.18. The van der Waals surface area contributed by atoms with Gasteiger partial charge in [-0.1, -0.05) is 30.3 Å². The Kier molecular flexibility index (Phi) is 6.57. The van der Waals surface area contributed by atoms with Crippen molar-refractivity contribution in [1.82, 2.24) is 10.2 Å². The predicted molar refractivity (Wildman–Crippen MR) is 97.5 cm³/mol. The van der Waals surface area contributed by atoms with Gasteiger partial charge in [0.1, 0.15) is 12.4 Å². The number of hydrogen-bond donors (Lipinski definition) is 1. The highest BCUT2D eigenvalue weighted by Gasteiger charge is 2.15. The second-order valence-corrected chi connectivity index (χ2v) is 6.18. The highest BCUT2D eigenvalue weighted by molar-refractivity contribution is 5.96. The minimum absolute atomic E-state index is 0.0310. The Morgan fingerprint density at radius 3 is 2.28 bits per heavy atom. The summed E-state index contributed by atoms with van der Waals surface area (Å²) in [7, 11) is 1.61. The molecule has 0 aliphatic rings. The molecule has 0 saturated heterocycles. The zero-order valence-electron chi connectivity index (χ0n) is 14.9. The van der Waals surface area contributed by atoms with Crippen LogP contribution in [-0.4, -0.2) is 36.3 Å². The van der Waals surface area contributed by atoms with Crippen molar-refractivity contribution in [2.75, 3.05) is 13.6 Å². The first-order chi connectivity index (χ1) is 12.0. The number of benzene rings is 2. The Morgan fingerprint density at radius 2 is 1.68 bits per heavy atom. The number of nitrogens with one attached hydrogen (secondary N) is 1. The van der Waals surface area contributed by atoms with Gasteiger partial charge in [-0.15, -0.1) is 0 Å². The number of likely N-dealkylation sites (N-methyl/N-ethyl adjacent to an activating group) is 1. The van der Waals surface area contributed by atoms with Crippen LogP contribution in [0.25, 0.3) is 0 Å². The van der Waals surface area contributed by atoms with Crippen molar-refractivity contribution in [3.05, 3.63) is 65.7 Å². The van der Waals surface area contributed by atoms with Crippen LogP contribution in [0.4, 0.5) is 0 Å². The molecule has 2 aromatic carbocycles. The first kappa shape index (κ1) is 18.5. The minimum atomic E-state index is -0.200. The largest absolute Gasteiger partial charge is 0.489 e. The van der Waals surface area contributed by atoms with E-state index in [4.69, 9.17) is 4.74 Å². The van der Waals surface area contributed by atoms with E-state index in [9.17, 15) is 9.59 Å². The third-order valence-electron chi connectivity index (χ3n) is 3.53. The fourth-order valence-electron chi connectivity index (χ4n) is 2.31. The number of ether oxygens (including phenoxy) is 1. The summed E-state index contributed by atoms with van der Waals surface area (Å²) in [6.07, 6.45) is 0. The Balaban J connectivity index is 1.90. The number of hydrogen-bond acceptors (Lipinski definition) is 3. The molecule has 0 aliphatic heterocycles. The average molecular weight is 340 g/mol. The van der Waals surface area contributed by atoms with E-state index < -0.39 is 0 Å². The monoisotopic (exact) mass is 340 g/mol. The van der Waals surface area contributed by atoms with E-state index in [1.807, 2.05) is 44.2 Å². The molecule has 2 rings (SSSR count). The summed E-state index contributed by atoms with van der Waals surface area (Å²) in [4.78, 5) is 25.5.